The molecule has 2 N–H and O–H groups in total. The van der Waals surface area contributed by atoms with Crippen LogP contribution in [0.1, 0.15) is 39.6 Å². The molecular formula is C14H16N2O2S. The number of carboxylic acids is 1. The molecule has 4 nitrogen and oxygen atoms in total. The second-order valence-corrected chi connectivity index (χ2v) is 5.32. The summed E-state index contributed by atoms with van der Waals surface area (Å²) in [6.45, 7) is 4.66. The minimum atomic E-state index is -0.898. The molecule has 0 radical (unpaired) electrons. The molecule has 2 rings (SSSR count). The van der Waals surface area contributed by atoms with E-state index in [4.69, 9.17) is 5.11 Å². The van der Waals surface area contributed by atoms with Crippen LogP contribution in [0.3, 0.4) is 0 Å². The third kappa shape index (κ3) is 3.62. The largest absolute Gasteiger partial charge is 0.478 e. The van der Waals surface area contributed by atoms with Gasteiger partial charge in [0.05, 0.1) is 11.6 Å². The Kier molecular flexibility index (Phi) is 4.29. The number of carbonyl (C=O) groups is 1. The molecule has 100 valence electrons. The first-order valence-electron chi connectivity index (χ1n) is 6.04. The number of hydrogen-bond acceptors (Lipinski definition) is 4. The normalized spacial score (nSPS) is 12.3. The fraction of sp³-hybridized carbons (Fsp3) is 0.286. The number of aromatic nitrogens is 1. The number of carboxylic acid groups (broad SMARTS) is 1. The van der Waals surface area contributed by atoms with Gasteiger partial charge in [-0.3, -0.25) is 0 Å². The first kappa shape index (κ1) is 13.7. The quantitative estimate of drug-likeness (QED) is 0.881. The topological polar surface area (TPSA) is 62.2 Å². The van der Waals surface area contributed by atoms with E-state index in [-0.39, 0.29) is 6.04 Å². The van der Waals surface area contributed by atoms with Crippen molar-refractivity contribution < 1.29 is 9.90 Å². The molecule has 0 saturated carbocycles. The molecule has 5 heteroatoms. The Hall–Kier alpha value is -1.72. The van der Waals surface area contributed by atoms with E-state index in [0.29, 0.717) is 12.1 Å². The summed E-state index contributed by atoms with van der Waals surface area (Å²) >= 11 is 1.63. The van der Waals surface area contributed by atoms with Gasteiger partial charge in [0.1, 0.15) is 5.01 Å². The Morgan fingerprint density at radius 3 is 2.95 bits per heavy atom. The zero-order valence-electron chi connectivity index (χ0n) is 10.9. The van der Waals surface area contributed by atoms with Gasteiger partial charge in [-0.1, -0.05) is 12.1 Å². The number of thiazole rings is 1. The van der Waals surface area contributed by atoms with Crippen molar-refractivity contribution in [2.45, 2.75) is 26.4 Å². The van der Waals surface area contributed by atoms with Crippen molar-refractivity contribution >= 4 is 17.3 Å². The van der Waals surface area contributed by atoms with Gasteiger partial charge in [0.15, 0.2) is 0 Å². The smallest absolute Gasteiger partial charge is 0.335 e. The third-order valence-electron chi connectivity index (χ3n) is 2.79. The van der Waals surface area contributed by atoms with Crippen molar-refractivity contribution in [3.05, 3.63) is 51.5 Å². The average molecular weight is 276 g/mol. The lowest BCUT2D eigenvalue weighted by atomic mass is 10.1. The number of aryl methyl sites for hydroxylation is 1. The van der Waals surface area contributed by atoms with Crippen LogP contribution in [0.5, 0.6) is 0 Å². The van der Waals surface area contributed by atoms with Gasteiger partial charge >= 0.3 is 5.97 Å². The molecule has 0 amide bonds. The Bertz CT molecular complexity index is 580. The first-order chi connectivity index (χ1) is 9.06. The van der Waals surface area contributed by atoms with Crippen LogP contribution in [0.15, 0.2) is 29.6 Å². The molecule has 0 fully saturated rings. The van der Waals surface area contributed by atoms with Gasteiger partial charge < -0.3 is 10.4 Å². The highest BCUT2D eigenvalue weighted by molar-refractivity contribution is 7.09. The number of nitrogens with one attached hydrogen (secondary N) is 1. The highest BCUT2D eigenvalue weighted by Gasteiger charge is 2.09. The number of nitrogens with zero attached hydrogens (tertiary/aromatic N) is 1. The predicted octanol–water partition coefficient (Wildman–Crippen LogP) is 3.00. The lowest BCUT2D eigenvalue weighted by Crippen LogP contribution is -2.18. The lowest BCUT2D eigenvalue weighted by Gasteiger charge is -2.11. The van der Waals surface area contributed by atoms with Gasteiger partial charge in [-0.05, 0) is 31.5 Å². The van der Waals surface area contributed by atoms with E-state index in [1.807, 2.05) is 18.4 Å². The standard InChI is InChI=1S/C14H16N2O2S/c1-9-8-19-13(16-9)10(2)15-7-11-4-3-5-12(6-11)14(17)18/h3-6,8,10,15H,7H2,1-2H3,(H,17,18). The summed E-state index contributed by atoms with van der Waals surface area (Å²) in [5, 5.41) is 15.4. The molecule has 0 bridgehead atoms. The predicted molar refractivity (Wildman–Crippen MR) is 75.5 cm³/mol. The maximum Gasteiger partial charge on any atom is 0.335 e. The van der Waals surface area contributed by atoms with Crippen molar-refractivity contribution in [2.24, 2.45) is 0 Å². The number of hydrogen-bond donors (Lipinski definition) is 2. The molecule has 1 aromatic carbocycles. The third-order valence-corrected chi connectivity index (χ3v) is 3.94. The molecule has 0 aliphatic heterocycles. The summed E-state index contributed by atoms with van der Waals surface area (Å²) in [4.78, 5) is 15.3. The fourth-order valence-electron chi connectivity index (χ4n) is 1.74. The highest BCUT2D eigenvalue weighted by Crippen LogP contribution is 2.18. The van der Waals surface area contributed by atoms with Crippen LogP contribution < -0.4 is 5.32 Å². The molecule has 0 saturated heterocycles. The molecule has 1 heterocycles. The van der Waals surface area contributed by atoms with E-state index >= 15 is 0 Å². The van der Waals surface area contributed by atoms with Crippen LogP contribution in [-0.2, 0) is 6.54 Å². The Balaban J connectivity index is 1.98. The Labute approximate surface area is 116 Å². The number of aromatic carboxylic acids is 1. The highest BCUT2D eigenvalue weighted by atomic mass is 32.1. The molecule has 2 aromatic rings. The summed E-state index contributed by atoms with van der Waals surface area (Å²) in [5.41, 5.74) is 2.30. The summed E-state index contributed by atoms with van der Waals surface area (Å²) in [7, 11) is 0. The van der Waals surface area contributed by atoms with Crippen LogP contribution >= 0.6 is 11.3 Å². The molecule has 0 aliphatic carbocycles. The van der Waals surface area contributed by atoms with Crippen LogP contribution in [0.4, 0.5) is 0 Å². The van der Waals surface area contributed by atoms with E-state index in [1.54, 1.807) is 29.5 Å². The molecule has 1 aromatic heterocycles. The van der Waals surface area contributed by atoms with Gasteiger partial charge in [0, 0.05) is 17.6 Å². The summed E-state index contributed by atoms with van der Waals surface area (Å²) in [5.74, 6) is -0.898. The SMILES string of the molecule is Cc1csc(C(C)NCc2cccc(C(=O)O)c2)n1. The van der Waals surface area contributed by atoms with E-state index < -0.39 is 5.97 Å². The maximum atomic E-state index is 10.9. The maximum absolute atomic E-state index is 10.9. The second kappa shape index (κ2) is 5.95. The van der Waals surface area contributed by atoms with E-state index in [9.17, 15) is 4.79 Å². The Morgan fingerprint density at radius 2 is 2.32 bits per heavy atom. The van der Waals surface area contributed by atoms with Crippen LogP contribution in [0.2, 0.25) is 0 Å². The zero-order chi connectivity index (χ0) is 13.8. The minimum Gasteiger partial charge on any atom is -0.478 e. The van der Waals surface area contributed by atoms with Gasteiger partial charge in [-0.15, -0.1) is 11.3 Å². The van der Waals surface area contributed by atoms with E-state index in [2.05, 4.69) is 17.2 Å². The fourth-order valence-corrected chi connectivity index (χ4v) is 2.57. The van der Waals surface area contributed by atoms with Gasteiger partial charge in [0.25, 0.3) is 0 Å². The number of rotatable bonds is 5. The van der Waals surface area contributed by atoms with Crippen LogP contribution in [0, 0.1) is 6.92 Å². The van der Waals surface area contributed by atoms with Crippen molar-refractivity contribution in [1.82, 2.24) is 10.3 Å². The second-order valence-electron chi connectivity index (χ2n) is 4.44. The van der Waals surface area contributed by atoms with Crippen molar-refractivity contribution in [3.63, 3.8) is 0 Å². The summed E-state index contributed by atoms with van der Waals surface area (Å²) in [6, 6.07) is 7.12. The summed E-state index contributed by atoms with van der Waals surface area (Å²) in [6.07, 6.45) is 0. The van der Waals surface area contributed by atoms with Gasteiger partial charge in [-0.2, -0.15) is 0 Å². The number of benzene rings is 1. The van der Waals surface area contributed by atoms with Gasteiger partial charge in [-0.25, -0.2) is 9.78 Å². The molecular weight excluding hydrogens is 260 g/mol. The first-order valence-corrected chi connectivity index (χ1v) is 6.92. The monoisotopic (exact) mass is 276 g/mol. The van der Waals surface area contributed by atoms with E-state index in [1.165, 1.54) is 0 Å². The van der Waals surface area contributed by atoms with Crippen molar-refractivity contribution in [2.75, 3.05) is 0 Å². The van der Waals surface area contributed by atoms with E-state index in [0.717, 1.165) is 16.3 Å². The molecule has 19 heavy (non-hydrogen) atoms. The molecule has 0 aliphatic rings. The molecule has 0 spiro atoms. The zero-order valence-corrected chi connectivity index (χ0v) is 11.7. The molecule has 1 unspecified atom stereocenters. The van der Waals surface area contributed by atoms with Crippen molar-refractivity contribution in [3.8, 4) is 0 Å². The van der Waals surface area contributed by atoms with Crippen molar-refractivity contribution in [1.29, 1.82) is 0 Å². The minimum absolute atomic E-state index is 0.159. The molecule has 1 atom stereocenters. The average Bonchev–Trinajstić information content (AvgIpc) is 2.83. The van der Waals surface area contributed by atoms with Crippen LogP contribution in [0.25, 0.3) is 0 Å². The lowest BCUT2D eigenvalue weighted by molar-refractivity contribution is 0.0696. The van der Waals surface area contributed by atoms with Gasteiger partial charge in [0.2, 0.25) is 0 Å². The summed E-state index contributed by atoms with van der Waals surface area (Å²) < 4.78 is 0. The van der Waals surface area contributed by atoms with Crippen LogP contribution in [-0.4, -0.2) is 16.1 Å². The Morgan fingerprint density at radius 1 is 1.53 bits per heavy atom.